The molecule has 4 aromatic carbocycles. The largest absolute Gasteiger partial charge is 0.495 e. The predicted octanol–water partition coefficient (Wildman–Crippen LogP) is 7.34. The van der Waals surface area contributed by atoms with Crippen LogP contribution in [0.15, 0.2) is 109 Å². The van der Waals surface area contributed by atoms with Crippen LogP contribution in [0.5, 0.6) is 5.75 Å². The van der Waals surface area contributed by atoms with Gasteiger partial charge in [-0.25, -0.2) is 0 Å². The Kier molecular flexibility index (Phi) is 5.73. The second-order valence-corrected chi connectivity index (χ2v) is 6.68. The van der Waals surface area contributed by atoms with Crippen LogP contribution >= 0.6 is 0 Å². The number of methoxy groups -OCH3 is 1. The van der Waals surface area contributed by atoms with E-state index in [0.717, 1.165) is 28.4 Å². The number of para-hydroxylation sites is 2. The maximum Gasteiger partial charge on any atom is 0.143 e. The zero-order chi connectivity index (χ0) is 19.9. The third-order valence-corrected chi connectivity index (χ3v) is 4.74. The number of nitrogens with zero attached hydrogens (tertiary/aromatic N) is 1. The van der Waals surface area contributed by atoms with Gasteiger partial charge in [-0.1, -0.05) is 84.9 Å². The molecule has 0 aromatic heterocycles. The van der Waals surface area contributed by atoms with Gasteiger partial charge < -0.3 is 9.64 Å². The molecule has 4 aromatic rings. The summed E-state index contributed by atoms with van der Waals surface area (Å²) >= 11 is 0. The quantitative estimate of drug-likeness (QED) is 0.326. The van der Waals surface area contributed by atoms with Gasteiger partial charge in [-0.15, -0.1) is 0 Å². The van der Waals surface area contributed by atoms with Crippen LogP contribution in [0.4, 0.5) is 17.1 Å². The van der Waals surface area contributed by atoms with Crippen LogP contribution in [0.3, 0.4) is 0 Å². The Labute approximate surface area is 172 Å². The van der Waals surface area contributed by atoms with Crippen LogP contribution in [0.25, 0.3) is 12.2 Å². The summed E-state index contributed by atoms with van der Waals surface area (Å²) in [5, 5.41) is 0. The first-order valence-electron chi connectivity index (χ1n) is 9.66. The molecule has 0 saturated carbocycles. The molecule has 29 heavy (non-hydrogen) atoms. The van der Waals surface area contributed by atoms with E-state index in [-0.39, 0.29) is 0 Å². The fourth-order valence-corrected chi connectivity index (χ4v) is 3.32. The number of anilines is 3. The maximum absolute atomic E-state index is 5.79. The monoisotopic (exact) mass is 377 g/mol. The van der Waals surface area contributed by atoms with Crippen molar-refractivity contribution in [3.05, 3.63) is 120 Å². The van der Waals surface area contributed by atoms with E-state index in [9.17, 15) is 0 Å². The molecule has 0 atom stereocenters. The zero-order valence-corrected chi connectivity index (χ0v) is 16.4. The van der Waals surface area contributed by atoms with E-state index in [0.29, 0.717) is 0 Å². The fraction of sp³-hybridized carbons (Fsp3) is 0.0370. The van der Waals surface area contributed by atoms with Crippen LogP contribution < -0.4 is 9.64 Å². The van der Waals surface area contributed by atoms with E-state index in [1.54, 1.807) is 7.11 Å². The molecule has 0 saturated heterocycles. The topological polar surface area (TPSA) is 12.5 Å². The highest BCUT2D eigenvalue weighted by Crippen LogP contribution is 2.40. The van der Waals surface area contributed by atoms with E-state index in [2.05, 4.69) is 95.9 Å². The van der Waals surface area contributed by atoms with E-state index in [4.69, 9.17) is 4.74 Å². The lowest BCUT2D eigenvalue weighted by Gasteiger charge is -2.27. The van der Waals surface area contributed by atoms with Crippen LogP contribution in [0.2, 0.25) is 0 Å². The SMILES string of the molecule is COc1cc(C=Cc2ccccc2)ccc1N(c1ccccc1)c1ccccc1. The number of rotatable bonds is 6. The normalized spacial score (nSPS) is 10.8. The predicted molar refractivity (Wildman–Crippen MR) is 123 cm³/mol. The van der Waals surface area contributed by atoms with Crippen molar-refractivity contribution in [3.63, 3.8) is 0 Å². The molecule has 0 fully saturated rings. The maximum atomic E-state index is 5.79. The Bertz CT molecular complexity index is 1030. The molecular formula is C27H23NO. The molecule has 0 aliphatic heterocycles. The van der Waals surface area contributed by atoms with E-state index in [1.165, 1.54) is 5.56 Å². The average molecular weight is 377 g/mol. The molecule has 0 N–H and O–H groups in total. The first kappa shape index (κ1) is 18.6. The lowest BCUT2D eigenvalue weighted by molar-refractivity contribution is 0.416. The highest BCUT2D eigenvalue weighted by atomic mass is 16.5. The van der Waals surface area contributed by atoms with Gasteiger partial charge in [-0.05, 0) is 47.5 Å². The van der Waals surface area contributed by atoms with Gasteiger partial charge in [-0.3, -0.25) is 0 Å². The van der Waals surface area contributed by atoms with Crippen molar-refractivity contribution >= 4 is 29.2 Å². The zero-order valence-electron chi connectivity index (χ0n) is 16.4. The van der Waals surface area contributed by atoms with Gasteiger partial charge in [0.2, 0.25) is 0 Å². The van der Waals surface area contributed by atoms with Crippen LogP contribution in [-0.2, 0) is 0 Å². The smallest absolute Gasteiger partial charge is 0.143 e. The van der Waals surface area contributed by atoms with Crippen molar-refractivity contribution in [1.29, 1.82) is 0 Å². The standard InChI is InChI=1S/C27H23NO/c1-29-27-21-23(18-17-22-11-5-2-6-12-22)19-20-26(27)28(24-13-7-3-8-14-24)25-15-9-4-10-16-25/h2-21H,1H3. The summed E-state index contributed by atoms with van der Waals surface area (Å²) < 4.78 is 5.79. The molecule has 0 heterocycles. The summed E-state index contributed by atoms with van der Waals surface area (Å²) in [4.78, 5) is 2.21. The lowest BCUT2D eigenvalue weighted by Crippen LogP contribution is -2.11. The van der Waals surface area contributed by atoms with Crippen molar-refractivity contribution in [1.82, 2.24) is 0 Å². The minimum Gasteiger partial charge on any atom is -0.495 e. The molecule has 0 radical (unpaired) electrons. The molecule has 142 valence electrons. The average Bonchev–Trinajstić information content (AvgIpc) is 2.80. The number of hydrogen-bond acceptors (Lipinski definition) is 2. The minimum absolute atomic E-state index is 0.827. The fourth-order valence-electron chi connectivity index (χ4n) is 3.32. The van der Waals surface area contributed by atoms with E-state index < -0.39 is 0 Å². The molecule has 2 heteroatoms. The molecule has 0 unspecified atom stereocenters. The Hall–Kier alpha value is -3.78. The van der Waals surface area contributed by atoms with Crippen molar-refractivity contribution < 1.29 is 4.74 Å². The molecular weight excluding hydrogens is 354 g/mol. The van der Waals surface area contributed by atoms with Gasteiger partial charge in [0.1, 0.15) is 5.75 Å². The second-order valence-electron chi connectivity index (χ2n) is 6.68. The third-order valence-electron chi connectivity index (χ3n) is 4.74. The third kappa shape index (κ3) is 4.39. The first-order valence-corrected chi connectivity index (χ1v) is 9.66. The summed E-state index contributed by atoms with van der Waals surface area (Å²) in [6.07, 6.45) is 4.22. The van der Waals surface area contributed by atoms with Gasteiger partial charge in [0, 0.05) is 11.4 Å². The van der Waals surface area contributed by atoms with Crippen molar-refractivity contribution in [2.45, 2.75) is 0 Å². The number of ether oxygens (including phenoxy) is 1. The van der Waals surface area contributed by atoms with Crippen molar-refractivity contribution in [3.8, 4) is 5.75 Å². The molecule has 0 aliphatic carbocycles. The molecule has 4 rings (SSSR count). The summed E-state index contributed by atoms with van der Waals surface area (Å²) in [5.74, 6) is 0.827. The highest BCUT2D eigenvalue weighted by molar-refractivity contribution is 5.82. The van der Waals surface area contributed by atoms with Crippen molar-refractivity contribution in [2.24, 2.45) is 0 Å². The molecule has 0 amide bonds. The van der Waals surface area contributed by atoms with Gasteiger partial charge in [-0.2, -0.15) is 0 Å². The number of benzene rings is 4. The Morgan fingerprint density at radius 2 is 1.10 bits per heavy atom. The van der Waals surface area contributed by atoms with Crippen LogP contribution in [-0.4, -0.2) is 7.11 Å². The van der Waals surface area contributed by atoms with Crippen molar-refractivity contribution in [2.75, 3.05) is 12.0 Å². The van der Waals surface area contributed by atoms with Crippen LogP contribution in [0, 0.1) is 0 Å². The van der Waals surface area contributed by atoms with E-state index >= 15 is 0 Å². The van der Waals surface area contributed by atoms with Gasteiger partial charge >= 0.3 is 0 Å². The lowest BCUT2D eigenvalue weighted by atomic mass is 10.1. The summed E-state index contributed by atoms with van der Waals surface area (Å²) in [5.41, 5.74) is 5.44. The first-order chi connectivity index (χ1) is 14.3. The molecule has 2 nitrogen and oxygen atoms in total. The minimum atomic E-state index is 0.827. The number of hydrogen-bond donors (Lipinski definition) is 0. The Morgan fingerprint density at radius 1 is 0.586 bits per heavy atom. The van der Waals surface area contributed by atoms with Gasteiger partial charge in [0.25, 0.3) is 0 Å². The molecule has 0 aliphatic rings. The Balaban J connectivity index is 1.74. The van der Waals surface area contributed by atoms with Gasteiger partial charge in [0.05, 0.1) is 12.8 Å². The Morgan fingerprint density at radius 3 is 1.66 bits per heavy atom. The second kappa shape index (κ2) is 8.94. The molecule has 0 bridgehead atoms. The van der Waals surface area contributed by atoms with Gasteiger partial charge in [0.15, 0.2) is 0 Å². The van der Waals surface area contributed by atoms with Crippen LogP contribution in [0.1, 0.15) is 11.1 Å². The molecule has 0 spiro atoms. The summed E-state index contributed by atoms with van der Waals surface area (Å²) in [6.45, 7) is 0. The summed E-state index contributed by atoms with van der Waals surface area (Å²) in [7, 11) is 1.72. The van der Waals surface area contributed by atoms with E-state index in [1.807, 2.05) is 30.3 Å². The summed E-state index contributed by atoms with van der Waals surface area (Å²) in [6, 6.07) is 37.3. The highest BCUT2D eigenvalue weighted by Gasteiger charge is 2.16.